The second-order valence-electron chi connectivity index (χ2n) is 9.18. The first-order valence-electron chi connectivity index (χ1n) is 11.5. The Morgan fingerprint density at radius 1 is 0.722 bits per heavy atom. The molecule has 0 spiro atoms. The van der Waals surface area contributed by atoms with Gasteiger partial charge in [-0.15, -0.1) is 0 Å². The molecule has 36 heavy (non-hydrogen) atoms. The van der Waals surface area contributed by atoms with E-state index in [2.05, 4.69) is 31.9 Å². The topological polar surface area (TPSA) is 80.8 Å². The number of hydrogen-bond acceptors (Lipinski definition) is 5. The summed E-state index contributed by atoms with van der Waals surface area (Å²) in [6, 6.07) is 24.0. The molecule has 2 bridgehead atoms. The maximum absolute atomic E-state index is 13.8. The lowest BCUT2D eigenvalue weighted by atomic mass is 9.54. The van der Waals surface area contributed by atoms with Gasteiger partial charge in [-0.05, 0) is 22.3 Å². The standard InChI is InChI=1S/C28H19Br2NO5/c29-27-17-10-4-5-11-18(17)28(30,20-13-7-6-12-19(20)27)24-23(27)25(34)31(26(24)35)14-22(33)36-15-21(32)16-8-2-1-3-9-16/h1-13,23-24H,14-15H2. The van der Waals surface area contributed by atoms with E-state index in [0.29, 0.717) is 5.56 Å². The minimum Gasteiger partial charge on any atom is -0.456 e. The Morgan fingerprint density at radius 2 is 1.14 bits per heavy atom. The molecule has 3 aromatic carbocycles. The van der Waals surface area contributed by atoms with Crippen LogP contribution in [0.15, 0.2) is 78.9 Å². The van der Waals surface area contributed by atoms with Gasteiger partial charge >= 0.3 is 5.97 Å². The Labute approximate surface area is 223 Å². The van der Waals surface area contributed by atoms with Crippen LogP contribution in [0.1, 0.15) is 32.6 Å². The highest BCUT2D eigenvalue weighted by Gasteiger charge is 2.72. The molecule has 4 aliphatic rings. The van der Waals surface area contributed by atoms with Crippen molar-refractivity contribution in [3.63, 3.8) is 0 Å². The van der Waals surface area contributed by atoms with Crippen molar-refractivity contribution in [3.05, 3.63) is 107 Å². The third-order valence-electron chi connectivity index (χ3n) is 7.42. The van der Waals surface area contributed by atoms with E-state index < -0.39 is 51.4 Å². The van der Waals surface area contributed by atoms with E-state index in [9.17, 15) is 19.2 Å². The number of likely N-dealkylation sites (tertiary alicyclic amines) is 1. The van der Waals surface area contributed by atoms with E-state index in [1.807, 2.05) is 48.5 Å². The first kappa shape index (κ1) is 23.3. The average molecular weight is 609 g/mol. The smallest absolute Gasteiger partial charge is 0.326 e. The first-order chi connectivity index (χ1) is 17.3. The first-order valence-corrected chi connectivity index (χ1v) is 13.0. The van der Waals surface area contributed by atoms with Crippen molar-refractivity contribution >= 4 is 55.4 Å². The van der Waals surface area contributed by atoms with E-state index in [1.165, 1.54) is 0 Å². The molecule has 0 N–H and O–H groups in total. The second kappa shape index (κ2) is 8.21. The largest absolute Gasteiger partial charge is 0.456 e. The summed E-state index contributed by atoms with van der Waals surface area (Å²) in [6.45, 7) is -1.01. The molecule has 1 aliphatic heterocycles. The Bertz CT molecular complexity index is 1330. The average Bonchev–Trinajstić information content (AvgIpc) is 3.17. The van der Waals surface area contributed by atoms with Crippen molar-refractivity contribution in [1.29, 1.82) is 0 Å². The lowest BCUT2D eigenvalue weighted by Gasteiger charge is -2.55. The summed E-state index contributed by atoms with van der Waals surface area (Å²) in [5, 5.41) is 0. The molecule has 2 amide bonds. The normalized spacial score (nSPS) is 27.3. The van der Waals surface area contributed by atoms with Gasteiger partial charge in [0.05, 0.1) is 20.5 Å². The molecule has 3 aromatic rings. The highest BCUT2D eigenvalue weighted by atomic mass is 79.9. The molecule has 1 heterocycles. The summed E-state index contributed by atoms with van der Waals surface area (Å²) in [5.41, 5.74) is 4.09. The molecule has 8 heteroatoms. The number of benzene rings is 3. The molecule has 1 saturated heterocycles. The molecule has 0 saturated carbocycles. The number of halogens is 2. The predicted molar refractivity (Wildman–Crippen MR) is 138 cm³/mol. The molecule has 0 aromatic heterocycles. The zero-order valence-corrected chi connectivity index (χ0v) is 22.0. The SMILES string of the molecule is O=C(CN1C(=O)C2C(C1=O)C1(Br)c3ccccc3C2(Br)c2ccccc21)OCC(=O)c1ccccc1. The molecule has 180 valence electrons. The molecule has 6 nitrogen and oxygen atoms in total. The van der Waals surface area contributed by atoms with Crippen molar-refractivity contribution in [3.8, 4) is 0 Å². The molecule has 3 aliphatic carbocycles. The number of rotatable bonds is 5. The summed E-state index contributed by atoms with van der Waals surface area (Å²) in [6.07, 6.45) is 0. The Morgan fingerprint density at radius 3 is 1.58 bits per heavy atom. The highest BCUT2D eigenvalue weighted by molar-refractivity contribution is 9.10. The van der Waals surface area contributed by atoms with Crippen molar-refractivity contribution in [2.24, 2.45) is 11.8 Å². The summed E-state index contributed by atoms with van der Waals surface area (Å²) in [7, 11) is 0. The van der Waals surface area contributed by atoms with Gasteiger partial charge < -0.3 is 4.74 Å². The zero-order valence-electron chi connectivity index (χ0n) is 18.8. The molecular weight excluding hydrogens is 590 g/mol. The van der Waals surface area contributed by atoms with Gasteiger partial charge in [0.25, 0.3) is 0 Å². The van der Waals surface area contributed by atoms with Crippen LogP contribution in [0.3, 0.4) is 0 Å². The van der Waals surface area contributed by atoms with Crippen LogP contribution in [-0.2, 0) is 27.8 Å². The van der Waals surface area contributed by atoms with E-state index in [0.717, 1.165) is 27.2 Å². The minimum absolute atomic E-state index is 0.362. The van der Waals surface area contributed by atoms with E-state index in [4.69, 9.17) is 4.74 Å². The third-order valence-corrected chi connectivity index (χ3v) is 10.1. The van der Waals surface area contributed by atoms with Crippen molar-refractivity contribution in [2.45, 2.75) is 8.65 Å². The van der Waals surface area contributed by atoms with Gasteiger partial charge in [0.1, 0.15) is 6.54 Å². The van der Waals surface area contributed by atoms with Gasteiger partial charge in [0, 0.05) is 5.56 Å². The third kappa shape index (κ3) is 3.00. The van der Waals surface area contributed by atoms with E-state index >= 15 is 0 Å². The number of amides is 2. The van der Waals surface area contributed by atoms with Crippen LogP contribution < -0.4 is 0 Å². The van der Waals surface area contributed by atoms with Gasteiger partial charge in [-0.1, -0.05) is 111 Å². The van der Waals surface area contributed by atoms with Crippen molar-refractivity contribution < 1.29 is 23.9 Å². The van der Waals surface area contributed by atoms with Crippen LogP contribution in [-0.4, -0.2) is 41.6 Å². The molecule has 7 rings (SSSR count). The molecule has 2 atom stereocenters. The van der Waals surface area contributed by atoms with Crippen LogP contribution in [0.5, 0.6) is 0 Å². The van der Waals surface area contributed by atoms with Gasteiger partial charge in [-0.2, -0.15) is 0 Å². The minimum atomic E-state index is -0.922. The Hall–Kier alpha value is -3.10. The quantitative estimate of drug-likeness (QED) is 0.187. The van der Waals surface area contributed by atoms with E-state index in [1.54, 1.807) is 30.3 Å². The summed E-state index contributed by atoms with van der Waals surface area (Å²) in [5.74, 6) is -3.57. The summed E-state index contributed by atoms with van der Waals surface area (Å²) < 4.78 is 3.31. The lowest BCUT2D eigenvalue weighted by Crippen LogP contribution is -2.56. The molecule has 1 fully saturated rings. The second-order valence-corrected chi connectivity index (χ2v) is 11.7. The highest BCUT2D eigenvalue weighted by Crippen LogP contribution is 2.70. The van der Waals surface area contributed by atoms with Crippen LogP contribution in [0.2, 0.25) is 0 Å². The number of Topliss-reactive ketones (excluding diaryl/α,β-unsaturated/α-hetero) is 1. The van der Waals surface area contributed by atoms with Gasteiger partial charge in [-0.25, -0.2) is 0 Å². The van der Waals surface area contributed by atoms with Crippen molar-refractivity contribution in [1.82, 2.24) is 4.90 Å². The number of nitrogens with zero attached hydrogens (tertiary/aromatic N) is 1. The number of carbonyl (C=O) groups excluding carboxylic acids is 4. The predicted octanol–water partition coefficient (Wildman–Crippen LogP) is 4.32. The molecule has 0 radical (unpaired) electrons. The Kier molecular flexibility index (Phi) is 5.32. The van der Waals surface area contributed by atoms with Crippen molar-refractivity contribution in [2.75, 3.05) is 13.2 Å². The van der Waals surface area contributed by atoms with Gasteiger partial charge in [0.15, 0.2) is 12.4 Å². The molecule has 2 unspecified atom stereocenters. The maximum atomic E-state index is 13.8. The maximum Gasteiger partial charge on any atom is 0.326 e. The Balaban J connectivity index is 1.32. The fourth-order valence-corrected chi connectivity index (χ4v) is 8.21. The molecular formula is C28H19Br2NO5. The fourth-order valence-electron chi connectivity index (χ4n) is 5.91. The van der Waals surface area contributed by atoms with Crippen LogP contribution in [0.4, 0.5) is 0 Å². The van der Waals surface area contributed by atoms with E-state index in [-0.39, 0.29) is 5.78 Å². The lowest BCUT2D eigenvalue weighted by molar-refractivity contribution is -0.152. The van der Waals surface area contributed by atoms with Gasteiger partial charge in [-0.3, -0.25) is 24.1 Å². The van der Waals surface area contributed by atoms with Crippen LogP contribution >= 0.6 is 31.9 Å². The number of ketones is 1. The fraction of sp³-hybridized carbons (Fsp3) is 0.214. The number of imide groups is 1. The van der Waals surface area contributed by atoms with Crippen LogP contribution in [0, 0.1) is 11.8 Å². The summed E-state index contributed by atoms with van der Waals surface area (Å²) in [4.78, 5) is 53.5. The van der Waals surface area contributed by atoms with Gasteiger partial charge in [0.2, 0.25) is 11.8 Å². The summed E-state index contributed by atoms with van der Waals surface area (Å²) >= 11 is 7.83. The number of hydrogen-bond donors (Lipinski definition) is 0. The number of ether oxygens (including phenoxy) is 1. The number of alkyl halides is 2. The zero-order chi connectivity index (χ0) is 25.2. The number of carbonyl (C=O) groups is 4. The van der Waals surface area contributed by atoms with Crippen LogP contribution in [0.25, 0.3) is 0 Å². The monoisotopic (exact) mass is 607 g/mol. The number of esters is 1.